The van der Waals surface area contributed by atoms with Gasteiger partial charge in [-0.3, -0.25) is 4.79 Å². The Hall–Kier alpha value is -1.63. The molecule has 0 spiro atoms. The molecule has 0 aromatic carbocycles. The molecule has 0 atom stereocenters. The standard InChI is InChI=1S/C18H20O/c1-10(2)13-6-5-11(3)17-14-7-8-16(19)18(14)12(4)15(17)9-13/h5-6,9-10H,7-8H2,1-4H3. The van der Waals surface area contributed by atoms with Crippen LogP contribution in [0.1, 0.15) is 58.8 Å². The summed E-state index contributed by atoms with van der Waals surface area (Å²) in [4.78, 5) is 12.1. The summed E-state index contributed by atoms with van der Waals surface area (Å²) in [6, 6.07) is 6.72. The van der Waals surface area contributed by atoms with Crippen LogP contribution in [0.15, 0.2) is 18.2 Å². The molecule has 0 saturated carbocycles. The molecule has 0 saturated heterocycles. The number of hydrogen-bond acceptors (Lipinski definition) is 1. The Morgan fingerprint density at radius 2 is 1.79 bits per heavy atom. The second-order valence-corrected chi connectivity index (χ2v) is 6.01. The lowest BCUT2D eigenvalue weighted by molar-refractivity contribution is 0.0994. The van der Waals surface area contributed by atoms with E-state index in [0.29, 0.717) is 18.1 Å². The van der Waals surface area contributed by atoms with E-state index < -0.39 is 0 Å². The molecule has 98 valence electrons. The maximum Gasteiger partial charge on any atom is 0.163 e. The minimum atomic E-state index is 0.330. The van der Waals surface area contributed by atoms with Crippen LogP contribution >= 0.6 is 0 Å². The SMILES string of the molecule is Cc1ccc(C(C)C)cc2c(C)c3c(c1-2)CCC3=O. The Morgan fingerprint density at radius 3 is 2.47 bits per heavy atom. The molecule has 0 aromatic heterocycles. The minimum absolute atomic E-state index is 0.330. The lowest BCUT2D eigenvalue weighted by Gasteiger charge is -2.05. The van der Waals surface area contributed by atoms with E-state index in [0.717, 1.165) is 12.0 Å². The van der Waals surface area contributed by atoms with Gasteiger partial charge in [-0.1, -0.05) is 32.0 Å². The van der Waals surface area contributed by atoms with Gasteiger partial charge in [-0.2, -0.15) is 0 Å². The topological polar surface area (TPSA) is 17.1 Å². The molecule has 3 rings (SSSR count). The molecule has 0 unspecified atom stereocenters. The summed E-state index contributed by atoms with van der Waals surface area (Å²) >= 11 is 0. The first-order chi connectivity index (χ1) is 9.00. The molecule has 1 nitrogen and oxygen atoms in total. The first kappa shape index (κ1) is 12.4. The van der Waals surface area contributed by atoms with Gasteiger partial charge < -0.3 is 0 Å². The van der Waals surface area contributed by atoms with Gasteiger partial charge in [0.25, 0.3) is 0 Å². The molecule has 0 fully saturated rings. The number of Topliss-reactive ketones (excluding diaryl/α,β-unsaturated/α-hetero) is 1. The van der Waals surface area contributed by atoms with Crippen molar-refractivity contribution >= 4 is 5.78 Å². The summed E-state index contributed by atoms with van der Waals surface area (Å²) in [5, 5.41) is 0. The summed E-state index contributed by atoms with van der Waals surface area (Å²) in [7, 11) is 0. The zero-order valence-corrected chi connectivity index (χ0v) is 12.1. The Morgan fingerprint density at radius 1 is 1.05 bits per heavy atom. The maximum atomic E-state index is 12.1. The fourth-order valence-corrected chi connectivity index (χ4v) is 3.34. The molecule has 3 aliphatic rings. The zero-order valence-electron chi connectivity index (χ0n) is 12.1. The molecule has 19 heavy (non-hydrogen) atoms. The Kier molecular flexibility index (Phi) is 2.74. The highest BCUT2D eigenvalue weighted by Gasteiger charge is 2.30. The maximum absolute atomic E-state index is 12.1. The highest BCUT2D eigenvalue weighted by molar-refractivity contribution is 6.07. The molecular weight excluding hydrogens is 232 g/mol. The van der Waals surface area contributed by atoms with Gasteiger partial charge in [0.05, 0.1) is 0 Å². The van der Waals surface area contributed by atoms with Gasteiger partial charge in [0, 0.05) is 12.0 Å². The molecule has 0 aliphatic heterocycles. The average Bonchev–Trinajstić information content (AvgIpc) is 2.78. The lowest BCUT2D eigenvalue weighted by atomic mass is 9.99. The highest BCUT2D eigenvalue weighted by atomic mass is 16.1. The Bertz CT molecular complexity index is 650. The van der Waals surface area contributed by atoms with Crippen molar-refractivity contribution in [1.29, 1.82) is 0 Å². The van der Waals surface area contributed by atoms with Crippen LogP contribution in [0.25, 0.3) is 11.1 Å². The Labute approximate surface area is 115 Å². The van der Waals surface area contributed by atoms with Gasteiger partial charge >= 0.3 is 0 Å². The third-order valence-electron chi connectivity index (χ3n) is 4.43. The first-order valence-electron chi connectivity index (χ1n) is 7.09. The van der Waals surface area contributed by atoms with E-state index in [2.05, 4.69) is 45.9 Å². The predicted molar refractivity (Wildman–Crippen MR) is 79.3 cm³/mol. The first-order valence-corrected chi connectivity index (χ1v) is 7.09. The monoisotopic (exact) mass is 252 g/mol. The molecule has 0 radical (unpaired) electrons. The normalized spacial score (nSPS) is 14.5. The number of ketones is 1. The number of rotatable bonds is 1. The van der Waals surface area contributed by atoms with Crippen LogP contribution in [0, 0.1) is 13.8 Å². The van der Waals surface area contributed by atoms with Gasteiger partial charge in [0.15, 0.2) is 5.78 Å². The summed E-state index contributed by atoms with van der Waals surface area (Å²) in [5.41, 5.74) is 8.74. The zero-order chi connectivity index (χ0) is 13.7. The predicted octanol–water partition coefficient (Wildman–Crippen LogP) is 4.66. The molecular formula is C18H20O. The van der Waals surface area contributed by atoms with E-state index in [4.69, 9.17) is 0 Å². The van der Waals surface area contributed by atoms with Crippen molar-refractivity contribution in [3.63, 3.8) is 0 Å². The van der Waals surface area contributed by atoms with E-state index >= 15 is 0 Å². The summed E-state index contributed by atoms with van der Waals surface area (Å²) in [6.45, 7) is 8.70. The van der Waals surface area contributed by atoms with Gasteiger partial charge in [0.1, 0.15) is 0 Å². The lowest BCUT2D eigenvalue weighted by Crippen LogP contribution is -1.92. The number of fused-ring (bicyclic) bond motifs is 3. The third-order valence-corrected chi connectivity index (χ3v) is 4.43. The second-order valence-electron chi connectivity index (χ2n) is 6.01. The summed E-state index contributed by atoms with van der Waals surface area (Å²) < 4.78 is 0. The average molecular weight is 252 g/mol. The molecule has 0 N–H and O–H groups in total. The Balaban J connectivity index is 2.39. The van der Waals surface area contributed by atoms with E-state index in [1.807, 2.05) is 0 Å². The van der Waals surface area contributed by atoms with Crippen molar-refractivity contribution in [2.45, 2.75) is 46.5 Å². The fraction of sp³-hybridized carbons (Fsp3) is 0.389. The van der Waals surface area contributed by atoms with Gasteiger partial charge in [-0.25, -0.2) is 0 Å². The van der Waals surface area contributed by atoms with E-state index in [9.17, 15) is 4.79 Å². The van der Waals surface area contributed by atoms with Crippen molar-refractivity contribution in [3.8, 4) is 11.1 Å². The number of carbonyl (C=O) groups excluding carboxylic acids is 1. The van der Waals surface area contributed by atoms with Crippen LogP contribution in [-0.4, -0.2) is 5.78 Å². The van der Waals surface area contributed by atoms with Crippen LogP contribution in [0.5, 0.6) is 0 Å². The number of aryl methyl sites for hydroxylation is 1. The highest BCUT2D eigenvalue weighted by Crippen LogP contribution is 2.43. The van der Waals surface area contributed by atoms with E-state index in [-0.39, 0.29) is 0 Å². The quantitative estimate of drug-likeness (QED) is 0.721. The largest absolute Gasteiger partial charge is 0.294 e. The minimum Gasteiger partial charge on any atom is -0.294 e. The van der Waals surface area contributed by atoms with Gasteiger partial charge in [0.2, 0.25) is 0 Å². The van der Waals surface area contributed by atoms with E-state index in [1.54, 1.807) is 0 Å². The van der Waals surface area contributed by atoms with Crippen molar-refractivity contribution in [1.82, 2.24) is 0 Å². The third kappa shape index (κ3) is 1.72. The molecule has 1 heteroatoms. The summed E-state index contributed by atoms with van der Waals surface area (Å²) in [6.07, 6.45) is 1.61. The van der Waals surface area contributed by atoms with Crippen molar-refractivity contribution in [3.05, 3.63) is 46.0 Å². The summed E-state index contributed by atoms with van der Waals surface area (Å²) in [5.74, 6) is 0.840. The van der Waals surface area contributed by atoms with Crippen molar-refractivity contribution in [2.75, 3.05) is 0 Å². The van der Waals surface area contributed by atoms with Gasteiger partial charge in [-0.15, -0.1) is 0 Å². The van der Waals surface area contributed by atoms with Crippen molar-refractivity contribution in [2.24, 2.45) is 0 Å². The molecule has 0 heterocycles. The van der Waals surface area contributed by atoms with Crippen LogP contribution in [-0.2, 0) is 6.42 Å². The fourth-order valence-electron chi connectivity index (χ4n) is 3.34. The van der Waals surface area contributed by atoms with Crippen molar-refractivity contribution < 1.29 is 4.79 Å². The molecule has 0 aromatic rings. The van der Waals surface area contributed by atoms with Gasteiger partial charge in [-0.05, 0) is 59.6 Å². The number of carbonyl (C=O) groups is 1. The van der Waals surface area contributed by atoms with Crippen LogP contribution in [0.4, 0.5) is 0 Å². The number of hydrogen-bond donors (Lipinski definition) is 0. The smallest absolute Gasteiger partial charge is 0.163 e. The van der Waals surface area contributed by atoms with E-state index in [1.165, 1.54) is 33.4 Å². The second kappa shape index (κ2) is 4.19. The molecule has 0 bridgehead atoms. The van der Waals surface area contributed by atoms with Crippen LogP contribution in [0.2, 0.25) is 0 Å². The molecule has 3 aliphatic carbocycles. The molecule has 0 amide bonds. The van der Waals surface area contributed by atoms with Crippen LogP contribution < -0.4 is 0 Å². The van der Waals surface area contributed by atoms with Crippen LogP contribution in [0.3, 0.4) is 0 Å².